The second-order valence-corrected chi connectivity index (χ2v) is 8.27. The van der Waals surface area contributed by atoms with Crippen molar-refractivity contribution in [1.29, 1.82) is 5.26 Å². The number of anilines is 3. The Kier molecular flexibility index (Phi) is 5.72. The van der Waals surface area contributed by atoms with Crippen molar-refractivity contribution in [3.63, 3.8) is 0 Å². The molecule has 1 aromatic carbocycles. The first-order valence-corrected chi connectivity index (χ1v) is 11.0. The number of nitriles is 1. The molecule has 5 rings (SSSR count). The molecule has 4 aromatic rings. The van der Waals surface area contributed by atoms with Gasteiger partial charge in [0, 0.05) is 25.4 Å². The highest BCUT2D eigenvalue weighted by atomic mass is 35.5. The van der Waals surface area contributed by atoms with Crippen LogP contribution in [0.2, 0.25) is 10.0 Å². The van der Waals surface area contributed by atoms with Crippen molar-refractivity contribution in [1.82, 2.24) is 24.9 Å². The van der Waals surface area contributed by atoms with Crippen molar-refractivity contribution in [2.24, 2.45) is 0 Å². The molecule has 1 aliphatic heterocycles. The number of ether oxygens (including phenoxy) is 1. The standard InChI is InChI=1S/C22H18Cl2N8O/c1-12-27-17(10-18(28-12)32-4-6-33-7-5-32)30-22-20-16(2-3-26-22)29-21(31-20)19-14(23)8-13(11-25)9-15(19)24/h2-3,8-10H,4-7H2,1H3,(H,29,31)(H,26,27,28,30). The first kappa shape index (κ1) is 21.4. The number of nitrogens with zero attached hydrogens (tertiary/aromatic N) is 6. The van der Waals surface area contributed by atoms with Gasteiger partial charge in [-0.3, -0.25) is 0 Å². The quantitative estimate of drug-likeness (QED) is 0.438. The number of hydrogen-bond donors (Lipinski definition) is 2. The van der Waals surface area contributed by atoms with Crippen molar-refractivity contribution in [2.45, 2.75) is 6.92 Å². The Bertz CT molecular complexity index is 1370. The average molecular weight is 481 g/mol. The van der Waals surface area contributed by atoms with E-state index in [-0.39, 0.29) is 0 Å². The van der Waals surface area contributed by atoms with Crippen LogP contribution in [-0.4, -0.2) is 51.2 Å². The molecule has 1 saturated heterocycles. The van der Waals surface area contributed by atoms with Crippen LogP contribution in [0, 0.1) is 18.3 Å². The zero-order valence-electron chi connectivity index (χ0n) is 17.6. The Morgan fingerprint density at radius 2 is 1.88 bits per heavy atom. The number of nitrogens with one attached hydrogen (secondary N) is 2. The summed E-state index contributed by atoms with van der Waals surface area (Å²) < 4.78 is 5.44. The first-order valence-electron chi connectivity index (χ1n) is 10.2. The lowest BCUT2D eigenvalue weighted by molar-refractivity contribution is 0.122. The van der Waals surface area contributed by atoms with Gasteiger partial charge in [0.2, 0.25) is 0 Å². The van der Waals surface area contributed by atoms with Gasteiger partial charge < -0.3 is 19.9 Å². The van der Waals surface area contributed by atoms with Crippen LogP contribution in [-0.2, 0) is 4.74 Å². The van der Waals surface area contributed by atoms with E-state index in [9.17, 15) is 0 Å². The number of imidazole rings is 1. The zero-order chi connectivity index (χ0) is 22.9. The molecule has 0 spiro atoms. The third-order valence-corrected chi connectivity index (χ3v) is 5.81. The van der Waals surface area contributed by atoms with Crippen LogP contribution < -0.4 is 10.2 Å². The number of H-pyrrole nitrogens is 1. The molecule has 0 radical (unpaired) electrons. The molecule has 4 heterocycles. The Labute approximate surface area is 199 Å². The van der Waals surface area contributed by atoms with Crippen molar-refractivity contribution in [3.8, 4) is 17.5 Å². The number of benzene rings is 1. The van der Waals surface area contributed by atoms with E-state index in [0.717, 1.165) is 24.4 Å². The summed E-state index contributed by atoms with van der Waals surface area (Å²) in [5.41, 5.74) is 2.25. The number of aromatic amines is 1. The normalized spacial score (nSPS) is 13.8. The average Bonchev–Trinajstić information content (AvgIpc) is 3.23. The predicted molar refractivity (Wildman–Crippen MR) is 127 cm³/mol. The van der Waals surface area contributed by atoms with Crippen molar-refractivity contribution in [2.75, 3.05) is 36.5 Å². The van der Waals surface area contributed by atoms with Gasteiger partial charge in [0.15, 0.2) is 5.82 Å². The highest BCUT2D eigenvalue weighted by molar-refractivity contribution is 6.39. The molecule has 0 unspecified atom stereocenters. The maximum Gasteiger partial charge on any atom is 0.159 e. The summed E-state index contributed by atoms with van der Waals surface area (Å²) in [5.74, 6) is 3.10. The molecule has 9 nitrogen and oxygen atoms in total. The molecular weight excluding hydrogens is 463 g/mol. The van der Waals surface area contributed by atoms with Crippen molar-refractivity contribution >= 4 is 51.7 Å². The second kappa shape index (κ2) is 8.83. The molecule has 1 fully saturated rings. The van der Waals surface area contributed by atoms with E-state index in [4.69, 9.17) is 33.2 Å². The van der Waals surface area contributed by atoms with Crippen molar-refractivity contribution in [3.05, 3.63) is 51.9 Å². The summed E-state index contributed by atoms with van der Waals surface area (Å²) in [6.07, 6.45) is 1.67. The van der Waals surface area contributed by atoms with Crippen LogP contribution in [0.15, 0.2) is 30.5 Å². The van der Waals surface area contributed by atoms with E-state index in [2.05, 4.69) is 35.1 Å². The maximum absolute atomic E-state index is 9.13. The maximum atomic E-state index is 9.13. The molecule has 0 amide bonds. The summed E-state index contributed by atoms with van der Waals surface area (Å²) >= 11 is 12.8. The lowest BCUT2D eigenvalue weighted by atomic mass is 10.1. The summed E-state index contributed by atoms with van der Waals surface area (Å²) in [5, 5.41) is 13.1. The number of aromatic nitrogens is 5. The topological polar surface area (TPSA) is 116 Å². The summed E-state index contributed by atoms with van der Waals surface area (Å²) in [4.78, 5) is 23.6. The fourth-order valence-electron chi connectivity index (χ4n) is 3.70. The van der Waals surface area contributed by atoms with Gasteiger partial charge in [0.05, 0.1) is 46.0 Å². The van der Waals surface area contributed by atoms with Gasteiger partial charge in [-0.25, -0.2) is 19.9 Å². The van der Waals surface area contributed by atoms with Crippen LogP contribution in [0.25, 0.3) is 22.4 Å². The SMILES string of the molecule is Cc1nc(Nc2nccc3[nH]c(-c4c(Cl)cc(C#N)cc4Cl)nc23)cc(N2CCOCC2)n1. The second-order valence-electron chi connectivity index (χ2n) is 7.45. The van der Waals surface area contributed by atoms with Gasteiger partial charge in [0.1, 0.15) is 28.8 Å². The smallest absolute Gasteiger partial charge is 0.159 e. The number of rotatable bonds is 4. The first-order chi connectivity index (χ1) is 16.0. The Hall–Kier alpha value is -3.45. The van der Waals surface area contributed by atoms with E-state index in [1.165, 1.54) is 0 Å². The fourth-order valence-corrected chi connectivity index (χ4v) is 4.37. The number of morpholine rings is 1. The van der Waals surface area contributed by atoms with Gasteiger partial charge in [-0.05, 0) is 25.1 Å². The van der Waals surface area contributed by atoms with Crippen molar-refractivity contribution < 1.29 is 4.74 Å². The number of pyridine rings is 1. The summed E-state index contributed by atoms with van der Waals surface area (Å²) in [6, 6.07) is 8.86. The molecule has 0 atom stereocenters. The minimum absolute atomic E-state index is 0.335. The Balaban J connectivity index is 1.52. The molecule has 1 aliphatic rings. The molecule has 33 heavy (non-hydrogen) atoms. The summed E-state index contributed by atoms with van der Waals surface area (Å²) in [6.45, 7) is 4.74. The number of halogens is 2. The molecular formula is C22H18Cl2N8O. The van der Waals surface area contributed by atoms with Crippen LogP contribution in [0.3, 0.4) is 0 Å². The number of fused-ring (bicyclic) bond motifs is 1. The summed E-state index contributed by atoms with van der Waals surface area (Å²) in [7, 11) is 0. The molecule has 0 aliphatic carbocycles. The van der Waals surface area contributed by atoms with E-state index in [0.29, 0.717) is 63.2 Å². The molecule has 0 bridgehead atoms. The largest absolute Gasteiger partial charge is 0.378 e. The van der Waals surface area contributed by atoms with Crippen LogP contribution >= 0.6 is 23.2 Å². The van der Waals surface area contributed by atoms with Crippen LogP contribution in [0.4, 0.5) is 17.5 Å². The highest BCUT2D eigenvalue weighted by Crippen LogP contribution is 2.36. The minimum Gasteiger partial charge on any atom is -0.378 e. The van der Waals surface area contributed by atoms with Gasteiger partial charge in [-0.1, -0.05) is 23.2 Å². The van der Waals surface area contributed by atoms with Crippen LogP contribution in [0.5, 0.6) is 0 Å². The minimum atomic E-state index is 0.335. The van der Waals surface area contributed by atoms with E-state index in [1.807, 2.05) is 25.1 Å². The van der Waals surface area contributed by atoms with Gasteiger partial charge >= 0.3 is 0 Å². The number of aryl methyl sites for hydroxylation is 1. The zero-order valence-corrected chi connectivity index (χ0v) is 19.1. The molecule has 166 valence electrons. The van der Waals surface area contributed by atoms with E-state index >= 15 is 0 Å². The van der Waals surface area contributed by atoms with Gasteiger partial charge in [0.25, 0.3) is 0 Å². The van der Waals surface area contributed by atoms with Gasteiger partial charge in [-0.2, -0.15) is 5.26 Å². The fraction of sp³-hybridized carbons (Fsp3) is 0.227. The Morgan fingerprint density at radius 3 is 2.61 bits per heavy atom. The predicted octanol–water partition coefficient (Wildman–Crippen LogP) is 4.48. The molecule has 0 saturated carbocycles. The third-order valence-electron chi connectivity index (χ3n) is 5.21. The van der Waals surface area contributed by atoms with Gasteiger partial charge in [-0.15, -0.1) is 0 Å². The van der Waals surface area contributed by atoms with E-state index in [1.54, 1.807) is 18.3 Å². The number of hydrogen-bond acceptors (Lipinski definition) is 8. The van der Waals surface area contributed by atoms with E-state index < -0.39 is 0 Å². The Morgan fingerprint density at radius 1 is 1.12 bits per heavy atom. The molecule has 2 N–H and O–H groups in total. The molecule has 3 aromatic heterocycles. The monoisotopic (exact) mass is 480 g/mol. The third kappa shape index (κ3) is 4.28. The van der Waals surface area contributed by atoms with Crippen LogP contribution in [0.1, 0.15) is 11.4 Å². The molecule has 11 heteroatoms. The lowest BCUT2D eigenvalue weighted by Gasteiger charge is -2.28. The lowest BCUT2D eigenvalue weighted by Crippen LogP contribution is -2.36. The highest BCUT2D eigenvalue weighted by Gasteiger charge is 2.18.